The molecule has 0 aliphatic heterocycles. The average Bonchev–Trinajstić information content (AvgIpc) is 2.89. The number of rotatable bonds is 5. The smallest absolute Gasteiger partial charge is 0.226 e. The Hall–Kier alpha value is -2.14. The van der Waals surface area contributed by atoms with E-state index in [1.54, 1.807) is 12.3 Å². The van der Waals surface area contributed by atoms with Crippen LogP contribution in [0.25, 0.3) is 0 Å². The van der Waals surface area contributed by atoms with E-state index in [-0.39, 0.29) is 5.91 Å². The minimum atomic E-state index is -0.0302. The van der Waals surface area contributed by atoms with Crippen molar-refractivity contribution in [3.8, 4) is 0 Å². The van der Waals surface area contributed by atoms with Gasteiger partial charge in [0.2, 0.25) is 5.91 Å². The number of hydrogen-bond donors (Lipinski definition) is 3. The Kier molecular flexibility index (Phi) is 4.09. The summed E-state index contributed by atoms with van der Waals surface area (Å²) in [7, 11) is 0. The van der Waals surface area contributed by atoms with E-state index in [2.05, 4.69) is 15.5 Å². The topological polar surface area (TPSA) is 83.8 Å². The first kappa shape index (κ1) is 12.3. The van der Waals surface area contributed by atoms with Crippen molar-refractivity contribution in [2.45, 2.75) is 19.5 Å². The molecule has 0 fully saturated rings. The van der Waals surface area contributed by atoms with Gasteiger partial charge < -0.3 is 11.1 Å². The molecular weight excluding hydrogens is 228 g/mol. The molecule has 94 valence electrons. The molecule has 1 aromatic carbocycles. The van der Waals surface area contributed by atoms with E-state index in [4.69, 9.17) is 5.73 Å². The molecule has 0 bridgehead atoms. The van der Waals surface area contributed by atoms with Gasteiger partial charge in [0.05, 0.1) is 6.42 Å². The van der Waals surface area contributed by atoms with Crippen LogP contribution in [0.4, 0.5) is 0 Å². The molecule has 0 spiro atoms. The van der Waals surface area contributed by atoms with Gasteiger partial charge in [-0.2, -0.15) is 5.10 Å². The van der Waals surface area contributed by atoms with Crippen molar-refractivity contribution in [1.82, 2.24) is 15.5 Å². The number of nitrogens with two attached hydrogens (primary N) is 1. The molecule has 0 atom stereocenters. The fourth-order valence-corrected chi connectivity index (χ4v) is 1.69. The first-order valence-corrected chi connectivity index (χ1v) is 5.81. The van der Waals surface area contributed by atoms with Crippen molar-refractivity contribution in [3.63, 3.8) is 0 Å². The number of benzene rings is 1. The molecule has 1 aromatic heterocycles. The zero-order chi connectivity index (χ0) is 12.8. The second kappa shape index (κ2) is 5.97. The minimum Gasteiger partial charge on any atom is -0.352 e. The minimum absolute atomic E-state index is 0.0302. The summed E-state index contributed by atoms with van der Waals surface area (Å²) in [6.07, 6.45) is 1.95. The number of carbonyl (C=O) groups is 1. The number of carbonyl (C=O) groups excluding carboxylic acids is 1. The maximum Gasteiger partial charge on any atom is 0.226 e. The van der Waals surface area contributed by atoms with Crippen LogP contribution in [0.2, 0.25) is 0 Å². The van der Waals surface area contributed by atoms with E-state index in [1.165, 1.54) is 0 Å². The lowest BCUT2D eigenvalue weighted by molar-refractivity contribution is -0.120. The Morgan fingerprint density at radius 1 is 1.33 bits per heavy atom. The molecule has 18 heavy (non-hydrogen) atoms. The first-order valence-electron chi connectivity index (χ1n) is 5.81. The van der Waals surface area contributed by atoms with E-state index >= 15 is 0 Å². The summed E-state index contributed by atoms with van der Waals surface area (Å²) in [5.74, 6) is -0.0302. The van der Waals surface area contributed by atoms with Crippen LogP contribution < -0.4 is 11.1 Å². The Bertz CT molecular complexity index is 507. The number of amides is 1. The van der Waals surface area contributed by atoms with Gasteiger partial charge in [0, 0.05) is 25.0 Å². The van der Waals surface area contributed by atoms with Crippen molar-refractivity contribution >= 4 is 5.91 Å². The molecule has 0 saturated carbocycles. The van der Waals surface area contributed by atoms with E-state index < -0.39 is 0 Å². The standard InChI is InChI=1S/C13H16N4O/c14-8-10-2-1-3-11(6-10)9-15-13(18)7-12-4-5-16-17-12/h1-6H,7-9,14H2,(H,15,18)(H,16,17). The number of nitrogens with one attached hydrogen (secondary N) is 2. The molecule has 2 aromatic rings. The van der Waals surface area contributed by atoms with Gasteiger partial charge in [-0.05, 0) is 17.2 Å². The molecule has 0 unspecified atom stereocenters. The van der Waals surface area contributed by atoms with Crippen LogP contribution >= 0.6 is 0 Å². The Morgan fingerprint density at radius 2 is 2.17 bits per heavy atom. The number of hydrogen-bond acceptors (Lipinski definition) is 3. The highest BCUT2D eigenvalue weighted by atomic mass is 16.1. The highest BCUT2D eigenvalue weighted by molar-refractivity contribution is 5.78. The SMILES string of the molecule is NCc1cccc(CNC(=O)Cc2ccn[nH]2)c1. The number of H-pyrrole nitrogens is 1. The normalized spacial score (nSPS) is 10.3. The highest BCUT2D eigenvalue weighted by Crippen LogP contribution is 2.04. The molecule has 0 saturated heterocycles. The third kappa shape index (κ3) is 3.43. The van der Waals surface area contributed by atoms with Crippen molar-refractivity contribution < 1.29 is 4.79 Å². The molecule has 1 heterocycles. The second-order valence-electron chi connectivity index (χ2n) is 4.06. The zero-order valence-corrected chi connectivity index (χ0v) is 10.0. The number of nitrogens with zero attached hydrogens (tertiary/aromatic N) is 1. The third-order valence-electron chi connectivity index (χ3n) is 2.63. The summed E-state index contributed by atoms with van der Waals surface area (Å²) in [6.45, 7) is 1.02. The van der Waals surface area contributed by atoms with E-state index in [0.717, 1.165) is 16.8 Å². The lowest BCUT2D eigenvalue weighted by atomic mass is 10.1. The fourth-order valence-electron chi connectivity index (χ4n) is 1.69. The summed E-state index contributed by atoms with van der Waals surface area (Å²) in [4.78, 5) is 11.7. The molecule has 4 N–H and O–H groups in total. The predicted octanol–water partition coefficient (Wildman–Crippen LogP) is 0.727. The summed E-state index contributed by atoms with van der Waals surface area (Å²) in [5.41, 5.74) is 8.49. The molecule has 5 nitrogen and oxygen atoms in total. The number of aromatic nitrogens is 2. The third-order valence-corrected chi connectivity index (χ3v) is 2.63. The quantitative estimate of drug-likeness (QED) is 0.725. The van der Waals surface area contributed by atoms with Crippen LogP contribution in [0.15, 0.2) is 36.5 Å². The molecule has 1 amide bonds. The highest BCUT2D eigenvalue weighted by Gasteiger charge is 2.04. The van der Waals surface area contributed by atoms with E-state index in [1.807, 2.05) is 24.3 Å². The summed E-state index contributed by atoms with van der Waals surface area (Å²) < 4.78 is 0. The van der Waals surface area contributed by atoms with Gasteiger partial charge >= 0.3 is 0 Å². The van der Waals surface area contributed by atoms with Gasteiger partial charge in [0.15, 0.2) is 0 Å². The molecule has 0 aliphatic carbocycles. The molecule has 5 heteroatoms. The Labute approximate surface area is 105 Å². The van der Waals surface area contributed by atoms with E-state index in [9.17, 15) is 4.79 Å². The molecule has 0 radical (unpaired) electrons. The van der Waals surface area contributed by atoms with Gasteiger partial charge in [-0.3, -0.25) is 9.89 Å². The second-order valence-corrected chi connectivity index (χ2v) is 4.06. The lowest BCUT2D eigenvalue weighted by Gasteiger charge is -2.06. The predicted molar refractivity (Wildman–Crippen MR) is 68.5 cm³/mol. The Morgan fingerprint density at radius 3 is 2.89 bits per heavy atom. The van der Waals surface area contributed by atoms with Crippen molar-refractivity contribution in [2.24, 2.45) is 5.73 Å². The summed E-state index contributed by atoms with van der Waals surface area (Å²) in [5, 5.41) is 9.42. The van der Waals surface area contributed by atoms with Gasteiger partial charge in [0.1, 0.15) is 0 Å². The van der Waals surface area contributed by atoms with Crippen LogP contribution in [-0.2, 0) is 24.3 Å². The maximum absolute atomic E-state index is 11.7. The van der Waals surface area contributed by atoms with Gasteiger partial charge in [-0.15, -0.1) is 0 Å². The Balaban J connectivity index is 1.85. The number of aromatic amines is 1. The van der Waals surface area contributed by atoms with Gasteiger partial charge in [0.25, 0.3) is 0 Å². The summed E-state index contributed by atoms with van der Waals surface area (Å²) in [6, 6.07) is 9.66. The zero-order valence-electron chi connectivity index (χ0n) is 10.0. The van der Waals surface area contributed by atoms with Crippen LogP contribution in [0.1, 0.15) is 16.8 Å². The first-order chi connectivity index (χ1) is 8.78. The van der Waals surface area contributed by atoms with Crippen LogP contribution in [0, 0.1) is 0 Å². The average molecular weight is 244 g/mol. The molecular formula is C13H16N4O. The molecule has 2 rings (SSSR count). The van der Waals surface area contributed by atoms with Crippen LogP contribution in [0.3, 0.4) is 0 Å². The van der Waals surface area contributed by atoms with Gasteiger partial charge in [-0.1, -0.05) is 24.3 Å². The lowest BCUT2D eigenvalue weighted by Crippen LogP contribution is -2.24. The van der Waals surface area contributed by atoms with Crippen molar-refractivity contribution in [3.05, 3.63) is 53.3 Å². The van der Waals surface area contributed by atoms with Crippen LogP contribution in [-0.4, -0.2) is 16.1 Å². The monoisotopic (exact) mass is 244 g/mol. The molecule has 0 aliphatic rings. The largest absolute Gasteiger partial charge is 0.352 e. The summed E-state index contributed by atoms with van der Waals surface area (Å²) >= 11 is 0. The van der Waals surface area contributed by atoms with E-state index in [0.29, 0.717) is 19.5 Å². The maximum atomic E-state index is 11.7. The van der Waals surface area contributed by atoms with Crippen molar-refractivity contribution in [2.75, 3.05) is 0 Å². The fraction of sp³-hybridized carbons (Fsp3) is 0.231. The van der Waals surface area contributed by atoms with Crippen molar-refractivity contribution in [1.29, 1.82) is 0 Å². The van der Waals surface area contributed by atoms with Crippen LogP contribution in [0.5, 0.6) is 0 Å². The van der Waals surface area contributed by atoms with Gasteiger partial charge in [-0.25, -0.2) is 0 Å².